The van der Waals surface area contributed by atoms with Crippen LogP contribution in [-0.4, -0.2) is 54.8 Å². The zero-order valence-electron chi connectivity index (χ0n) is 15.1. The van der Waals surface area contributed by atoms with Crippen LogP contribution in [0.5, 0.6) is 0 Å². The SMILES string of the molecule is CCNC(=NCc1ccccc1C)NCCCN1CCC(O)CC1. The summed E-state index contributed by atoms with van der Waals surface area (Å²) in [6, 6.07) is 8.38. The molecule has 0 atom stereocenters. The van der Waals surface area contributed by atoms with E-state index in [1.54, 1.807) is 0 Å². The Balaban J connectivity index is 1.72. The second-order valence-electron chi connectivity index (χ2n) is 6.47. The highest BCUT2D eigenvalue weighted by molar-refractivity contribution is 5.79. The third-order valence-corrected chi connectivity index (χ3v) is 4.51. The molecule has 0 bridgehead atoms. The average Bonchev–Trinajstić information content (AvgIpc) is 2.59. The first-order chi connectivity index (χ1) is 11.7. The topological polar surface area (TPSA) is 59.9 Å². The highest BCUT2D eigenvalue weighted by atomic mass is 16.3. The lowest BCUT2D eigenvalue weighted by atomic mass is 10.1. The Hall–Kier alpha value is -1.59. The lowest BCUT2D eigenvalue weighted by Crippen LogP contribution is -2.40. The third-order valence-electron chi connectivity index (χ3n) is 4.51. The molecule has 0 saturated carbocycles. The maximum Gasteiger partial charge on any atom is 0.191 e. The van der Waals surface area contributed by atoms with Crippen LogP contribution in [0, 0.1) is 6.92 Å². The van der Waals surface area contributed by atoms with Crippen molar-refractivity contribution in [3.8, 4) is 0 Å². The van der Waals surface area contributed by atoms with Gasteiger partial charge < -0.3 is 20.6 Å². The summed E-state index contributed by atoms with van der Waals surface area (Å²) in [4.78, 5) is 7.12. The molecule has 0 radical (unpaired) electrons. The number of guanidine groups is 1. The predicted octanol–water partition coefficient (Wildman–Crippen LogP) is 1.90. The van der Waals surface area contributed by atoms with Gasteiger partial charge in [-0.2, -0.15) is 0 Å². The van der Waals surface area contributed by atoms with E-state index >= 15 is 0 Å². The number of nitrogens with zero attached hydrogens (tertiary/aromatic N) is 2. The fraction of sp³-hybridized carbons (Fsp3) is 0.632. The molecule has 5 nitrogen and oxygen atoms in total. The van der Waals surface area contributed by atoms with Gasteiger partial charge in [0.2, 0.25) is 0 Å². The van der Waals surface area contributed by atoms with E-state index in [0.717, 1.165) is 57.9 Å². The van der Waals surface area contributed by atoms with Crippen LogP contribution in [0.4, 0.5) is 0 Å². The van der Waals surface area contributed by atoms with E-state index in [1.807, 2.05) is 0 Å². The molecule has 1 aromatic rings. The van der Waals surface area contributed by atoms with E-state index in [9.17, 15) is 5.11 Å². The lowest BCUT2D eigenvalue weighted by molar-refractivity contribution is 0.0823. The van der Waals surface area contributed by atoms with Gasteiger partial charge in [-0.1, -0.05) is 24.3 Å². The molecule has 0 amide bonds. The normalized spacial score (nSPS) is 17.0. The third kappa shape index (κ3) is 6.49. The van der Waals surface area contributed by atoms with Crippen molar-refractivity contribution in [3.05, 3.63) is 35.4 Å². The number of benzene rings is 1. The molecule has 1 aromatic carbocycles. The number of aliphatic hydroxyl groups is 1. The molecular weight excluding hydrogens is 300 g/mol. The van der Waals surface area contributed by atoms with Crippen molar-refractivity contribution < 1.29 is 5.11 Å². The summed E-state index contributed by atoms with van der Waals surface area (Å²) in [5.41, 5.74) is 2.55. The molecule has 3 N–H and O–H groups in total. The van der Waals surface area contributed by atoms with Gasteiger partial charge in [0.1, 0.15) is 0 Å². The molecule has 1 aliphatic rings. The Bertz CT molecular complexity index is 510. The van der Waals surface area contributed by atoms with Gasteiger partial charge in [0.05, 0.1) is 12.6 Å². The minimum absolute atomic E-state index is 0.0895. The van der Waals surface area contributed by atoms with Gasteiger partial charge in [0.25, 0.3) is 0 Å². The van der Waals surface area contributed by atoms with Gasteiger partial charge >= 0.3 is 0 Å². The zero-order chi connectivity index (χ0) is 17.2. The number of piperidine rings is 1. The Morgan fingerprint density at radius 1 is 1.25 bits per heavy atom. The molecule has 0 aromatic heterocycles. The standard InChI is InChI=1S/C19H32N4O/c1-3-20-19(22-15-17-8-5-4-7-16(17)2)21-11-6-12-23-13-9-18(24)10-14-23/h4-5,7-8,18,24H,3,6,9-15H2,1-2H3,(H2,20,21,22). The van der Waals surface area contributed by atoms with Gasteiger partial charge in [0, 0.05) is 26.2 Å². The van der Waals surface area contributed by atoms with Crippen molar-refractivity contribution in [2.45, 2.75) is 45.8 Å². The highest BCUT2D eigenvalue weighted by Crippen LogP contribution is 2.10. The fourth-order valence-electron chi connectivity index (χ4n) is 2.95. The van der Waals surface area contributed by atoms with Crippen molar-refractivity contribution in [1.82, 2.24) is 15.5 Å². The maximum absolute atomic E-state index is 9.54. The number of aliphatic imine (C=N–C) groups is 1. The number of hydrogen-bond donors (Lipinski definition) is 3. The first-order valence-corrected chi connectivity index (χ1v) is 9.16. The molecule has 2 rings (SSSR count). The lowest BCUT2D eigenvalue weighted by Gasteiger charge is -2.29. The van der Waals surface area contributed by atoms with Gasteiger partial charge in [0.15, 0.2) is 5.96 Å². The molecule has 1 fully saturated rings. The minimum Gasteiger partial charge on any atom is -0.393 e. The summed E-state index contributed by atoms with van der Waals surface area (Å²) in [5.74, 6) is 0.884. The van der Waals surface area contributed by atoms with Crippen LogP contribution in [-0.2, 0) is 6.54 Å². The Kier molecular flexibility index (Phi) is 8.05. The molecule has 1 heterocycles. The summed E-state index contributed by atoms with van der Waals surface area (Å²) in [5, 5.41) is 16.3. The van der Waals surface area contributed by atoms with Crippen molar-refractivity contribution in [1.29, 1.82) is 0 Å². The van der Waals surface area contributed by atoms with E-state index in [4.69, 9.17) is 0 Å². The number of aliphatic hydroxyl groups excluding tert-OH is 1. The first kappa shape index (κ1) is 18.7. The monoisotopic (exact) mass is 332 g/mol. The smallest absolute Gasteiger partial charge is 0.191 e. The van der Waals surface area contributed by atoms with Crippen LogP contribution < -0.4 is 10.6 Å². The minimum atomic E-state index is -0.0895. The molecular formula is C19H32N4O. The summed E-state index contributed by atoms with van der Waals surface area (Å²) in [7, 11) is 0. The van der Waals surface area contributed by atoms with Gasteiger partial charge in [-0.05, 0) is 50.8 Å². The van der Waals surface area contributed by atoms with E-state index < -0.39 is 0 Å². The van der Waals surface area contributed by atoms with E-state index in [0.29, 0.717) is 6.54 Å². The summed E-state index contributed by atoms with van der Waals surface area (Å²) < 4.78 is 0. The fourth-order valence-corrected chi connectivity index (χ4v) is 2.95. The van der Waals surface area contributed by atoms with Crippen molar-refractivity contribution in [2.24, 2.45) is 4.99 Å². The number of likely N-dealkylation sites (tertiary alicyclic amines) is 1. The van der Waals surface area contributed by atoms with E-state index in [2.05, 4.69) is 58.6 Å². The van der Waals surface area contributed by atoms with E-state index in [1.165, 1.54) is 11.1 Å². The molecule has 24 heavy (non-hydrogen) atoms. The molecule has 0 spiro atoms. The summed E-state index contributed by atoms with van der Waals surface area (Å²) in [6.45, 7) is 9.81. The maximum atomic E-state index is 9.54. The second kappa shape index (κ2) is 10.3. The van der Waals surface area contributed by atoms with Crippen LogP contribution in [0.2, 0.25) is 0 Å². The summed E-state index contributed by atoms with van der Waals surface area (Å²) in [6.07, 6.45) is 2.82. The van der Waals surface area contributed by atoms with Gasteiger partial charge in [-0.15, -0.1) is 0 Å². The quantitative estimate of drug-likeness (QED) is 0.405. The highest BCUT2D eigenvalue weighted by Gasteiger charge is 2.15. The van der Waals surface area contributed by atoms with Crippen LogP contribution in [0.1, 0.15) is 37.3 Å². The van der Waals surface area contributed by atoms with Crippen molar-refractivity contribution in [2.75, 3.05) is 32.7 Å². The Morgan fingerprint density at radius 3 is 2.71 bits per heavy atom. The van der Waals surface area contributed by atoms with Crippen LogP contribution in [0.15, 0.2) is 29.3 Å². The molecule has 5 heteroatoms. The number of nitrogens with one attached hydrogen (secondary N) is 2. The Labute approximate surface area is 146 Å². The molecule has 1 saturated heterocycles. The number of hydrogen-bond acceptors (Lipinski definition) is 3. The zero-order valence-corrected chi connectivity index (χ0v) is 15.1. The number of rotatable bonds is 7. The number of aryl methyl sites for hydroxylation is 1. The van der Waals surface area contributed by atoms with Gasteiger partial charge in [-0.3, -0.25) is 0 Å². The largest absolute Gasteiger partial charge is 0.393 e. The second-order valence-corrected chi connectivity index (χ2v) is 6.47. The molecule has 0 aliphatic carbocycles. The van der Waals surface area contributed by atoms with Crippen LogP contribution in [0.3, 0.4) is 0 Å². The van der Waals surface area contributed by atoms with Crippen LogP contribution in [0.25, 0.3) is 0 Å². The van der Waals surface area contributed by atoms with E-state index in [-0.39, 0.29) is 6.10 Å². The Morgan fingerprint density at radius 2 is 2.00 bits per heavy atom. The first-order valence-electron chi connectivity index (χ1n) is 9.16. The van der Waals surface area contributed by atoms with Gasteiger partial charge in [-0.25, -0.2) is 4.99 Å². The van der Waals surface area contributed by atoms with Crippen molar-refractivity contribution in [3.63, 3.8) is 0 Å². The van der Waals surface area contributed by atoms with Crippen molar-refractivity contribution >= 4 is 5.96 Å². The van der Waals surface area contributed by atoms with Crippen LogP contribution >= 0.6 is 0 Å². The summed E-state index contributed by atoms with van der Waals surface area (Å²) >= 11 is 0. The predicted molar refractivity (Wildman–Crippen MR) is 100 cm³/mol. The molecule has 0 unspecified atom stereocenters. The average molecular weight is 332 g/mol. The molecule has 1 aliphatic heterocycles. The molecule has 134 valence electrons.